The van der Waals surface area contributed by atoms with Gasteiger partial charge in [0.25, 0.3) is 11.8 Å². The minimum atomic E-state index is -0.380. The summed E-state index contributed by atoms with van der Waals surface area (Å²) in [5, 5.41) is 11.8. The number of benzene rings is 3. The summed E-state index contributed by atoms with van der Waals surface area (Å²) in [5.74, 6) is -0.969. The third-order valence-electron chi connectivity index (χ3n) is 4.68. The van der Waals surface area contributed by atoms with Gasteiger partial charge in [-0.2, -0.15) is 0 Å². The Bertz CT molecular complexity index is 1140. The van der Waals surface area contributed by atoms with E-state index in [1.54, 1.807) is 54.6 Å². The first kappa shape index (κ1) is 23.8. The van der Waals surface area contributed by atoms with Crippen LogP contribution in [0.25, 0.3) is 0 Å². The summed E-state index contributed by atoms with van der Waals surface area (Å²) in [7, 11) is 0. The Kier molecular flexibility index (Phi) is 8.43. The summed E-state index contributed by atoms with van der Waals surface area (Å²) in [5.41, 5.74) is 2.20. The van der Waals surface area contributed by atoms with Crippen molar-refractivity contribution in [1.82, 2.24) is 5.32 Å². The minimum Gasteiger partial charge on any atom is -0.375 e. The number of carbonyl (C=O) groups excluding carboxylic acids is 3. The van der Waals surface area contributed by atoms with Crippen LogP contribution < -0.4 is 21.3 Å². The molecule has 3 aromatic carbocycles. The molecular formula is C25H25ClN4O3. The van der Waals surface area contributed by atoms with Crippen molar-refractivity contribution in [2.75, 3.05) is 29.0 Å². The first-order valence-electron chi connectivity index (χ1n) is 10.5. The van der Waals surface area contributed by atoms with E-state index in [0.717, 1.165) is 6.42 Å². The average molecular weight is 465 g/mol. The fraction of sp³-hybridized carbons (Fsp3) is 0.160. The molecule has 0 saturated carbocycles. The zero-order chi connectivity index (χ0) is 23.6. The van der Waals surface area contributed by atoms with Crippen LogP contribution in [0.4, 0.5) is 17.1 Å². The van der Waals surface area contributed by atoms with Crippen LogP contribution in [0.3, 0.4) is 0 Å². The van der Waals surface area contributed by atoms with Gasteiger partial charge in [0.2, 0.25) is 5.91 Å². The predicted molar refractivity (Wildman–Crippen MR) is 132 cm³/mol. The van der Waals surface area contributed by atoms with E-state index in [1.165, 1.54) is 0 Å². The lowest BCUT2D eigenvalue weighted by atomic mass is 10.1. The van der Waals surface area contributed by atoms with E-state index in [2.05, 4.69) is 21.3 Å². The zero-order valence-electron chi connectivity index (χ0n) is 18.2. The Morgan fingerprint density at radius 1 is 0.788 bits per heavy atom. The van der Waals surface area contributed by atoms with Crippen molar-refractivity contribution in [1.29, 1.82) is 0 Å². The van der Waals surface area contributed by atoms with Crippen molar-refractivity contribution in [3.05, 3.63) is 88.9 Å². The van der Waals surface area contributed by atoms with Crippen LogP contribution >= 0.6 is 11.6 Å². The van der Waals surface area contributed by atoms with Gasteiger partial charge in [-0.1, -0.05) is 48.9 Å². The number of hydrogen-bond donors (Lipinski definition) is 4. The van der Waals surface area contributed by atoms with Gasteiger partial charge in [-0.3, -0.25) is 14.4 Å². The van der Waals surface area contributed by atoms with Gasteiger partial charge in [0.1, 0.15) is 0 Å². The molecule has 0 radical (unpaired) electrons. The van der Waals surface area contributed by atoms with E-state index in [9.17, 15) is 14.4 Å². The number of para-hydroxylation sites is 2. The third kappa shape index (κ3) is 6.82. The second-order valence-electron chi connectivity index (χ2n) is 7.21. The van der Waals surface area contributed by atoms with Crippen LogP contribution in [0.2, 0.25) is 5.02 Å². The van der Waals surface area contributed by atoms with Gasteiger partial charge >= 0.3 is 0 Å². The molecule has 3 amide bonds. The Morgan fingerprint density at radius 2 is 1.48 bits per heavy atom. The number of halogens is 1. The molecule has 170 valence electrons. The topological polar surface area (TPSA) is 99.3 Å². The standard InChI is InChI=1S/C25H25ClN4O3/c1-2-14-27-24(32)20-13-12-17(26)15-22(20)28-16-23(31)30-21-11-7-6-10-19(21)25(33)29-18-8-4-3-5-9-18/h3-13,15,28H,2,14,16H2,1H3,(H,27,32)(H,29,33)(H,30,31). The van der Waals surface area contributed by atoms with Crippen LogP contribution in [0.5, 0.6) is 0 Å². The number of hydrogen-bond acceptors (Lipinski definition) is 4. The molecule has 0 heterocycles. The summed E-state index contributed by atoms with van der Waals surface area (Å²) in [6, 6.07) is 20.6. The average Bonchev–Trinajstić information content (AvgIpc) is 2.82. The van der Waals surface area contributed by atoms with Gasteiger partial charge in [0.05, 0.1) is 23.4 Å². The van der Waals surface area contributed by atoms with E-state index in [0.29, 0.717) is 39.8 Å². The Hall–Kier alpha value is -3.84. The lowest BCUT2D eigenvalue weighted by molar-refractivity contribution is -0.114. The van der Waals surface area contributed by atoms with Gasteiger partial charge in [-0.15, -0.1) is 0 Å². The molecule has 0 spiro atoms. The third-order valence-corrected chi connectivity index (χ3v) is 4.91. The molecule has 0 atom stereocenters. The van der Waals surface area contributed by atoms with E-state index in [1.807, 2.05) is 25.1 Å². The Labute approximate surface area is 197 Å². The highest BCUT2D eigenvalue weighted by Gasteiger charge is 2.15. The van der Waals surface area contributed by atoms with Gasteiger partial charge in [0.15, 0.2) is 0 Å². The van der Waals surface area contributed by atoms with Crippen molar-refractivity contribution in [2.24, 2.45) is 0 Å². The molecule has 3 rings (SSSR count). The van der Waals surface area contributed by atoms with E-state index in [-0.39, 0.29) is 24.3 Å². The number of carbonyl (C=O) groups is 3. The van der Waals surface area contributed by atoms with Crippen LogP contribution in [0, 0.1) is 0 Å². The highest BCUT2D eigenvalue weighted by molar-refractivity contribution is 6.31. The zero-order valence-corrected chi connectivity index (χ0v) is 18.9. The second kappa shape index (κ2) is 11.7. The van der Waals surface area contributed by atoms with Crippen LogP contribution in [0.15, 0.2) is 72.8 Å². The normalized spacial score (nSPS) is 10.2. The van der Waals surface area contributed by atoms with Crippen molar-refractivity contribution in [3.8, 4) is 0 Å². The Morgan fingerprint density at radius 3 is 2.24 bits per heavy atom. The molecule has 0 bridgehead atoms. The summed E-state index contributed by atoms with van der Waals surface area (Å²) in [6.07, 6.45) is 0.807. The first-order valence-corrected chi connectivity index (χ1v) is 10.9. The lowest BCUT2D eigenvalue weighted by Gasteiger charge is -2.14. The van der Waals surface area contributed by atoms with E-state index in [4.69, 9.17) is 11.6 Å². The fourth-order valence-corrected chi connectivity index (χ4v) is 3.25. The van der Waals surface area contributed by atoms with E-state index >= 15 is 0 Å². The molecule has 0 aliphatic heterocycles. The smallest absolute Gasteiger partial charge is 0.257 e. The van der Waals surface area contributed by atoms with Crippen molar-refractivity contribution in [3.63, 3.8) is 0 Å². The van der Waals surface area contributed by atoms with Crippen LogP contribution in [0.1, 0.15) is 34.1 Å². The molecule has 0 aliphatic carbocycles. The summed E-state index contributed by atoms with van der Waals surface area (Å²) in [6.45, 7) is 2.38. The predicted octanol–water partition coefficient (Wildman–Crippen LogP) is 4.78. The fourth-order valence-electron chi connectivity index (χ4n) is 3.07. The van der Waals surface area contributed by atoms with Crippen molar-refractivity contribution >= 4 is 46.4 Å². The van der Waals surface area contributed by atoms with Gasteiger partial charge < -0.3 is 21.3 Å². The number of rotatable bonds is 9. The van der Waals surface area contributed by atoms with Gasteiger partial charge in [0, 0.05) is 22.9 Å². The molecule has 0 unspecified atom stereocenters. The summed E-state index contributed by atoms with van der Waals surface area (Å²) in [4.78, 5) is 37.7. The lowest BCUT2D eigenvalue weighted by Crippen LogP contribution is -2.27. The van der Waals surface area contributed by atoms with E-state index < -0.39 is 0 Å². The number of anilines is 3. The molecule has 0 fully saturated rings. The maximum absolute atomic E-state index is 12.7. The molecule has 0 saturated heterocycles. The highest BCUT2D eigenvalue weighted by Crippen LogP contribution is 2.22. The second-order valence-corrected chi connectivity index (χ2v) is 7.65. The molecule has 7 nitrogen and oxygen atoms in total. The van der Waals surface area contributed by atoms with Crippen molar-refractivity contribution < 1.29 is 14.4 Å². The SMILES string of the molecule is CCCNC(=O)c1ccc(Cl)cc1NCC(=O)Nc1ccccc1C(=O)Nc1ccccc1. The molecule has 3 aromatic rings. The van der Waals surface area contributed by atoms with Crippen LogP contribution in [-0.4, -0.2) is 30.8 Å². The molecule has 33 heavy (non-hydrogen) atoms. The number of nitrogens with one attached hydrogen (secondary N) is 4. The Balaban J connectivity index is 1.67. The minimum absolute atomic E-state index is 0.122. The van der Waals surface area contributed by atoms with Gasteiger partial charge in [-0.05, 0) is 48.9 Å². The van der Waals surface area contributed by atoms with Gasteiger partial charge in [-0.25, -0.2) is 0 Å². The summed E-state index contributed by atoms with van der Waals surface area (Å²) < 4.78 is 0. The molecule has 0 aromatic heterocycles. The molecule has 0 aliphatic rings. The monoisotopic (exact) mass is 464 g/mol. The quantitative estimate of drug-likeness (QED) is 0.366. The highest BCUT2D eigenvalue weighted by atomic mass is 35.5. The maximum Gasteiger partial charge on any atom is 0.257 e. The number of amides is 3. The first-order chi connectivity index (χ1) is 16.0. The van der Waals surface area contributed by atoms with Crippen LogP contribution in [-0.2, 0) is 4.79 Å². The molecule has 4 N–H and O–H groups in total. The summed E-state index contributed by atoms with van der Waals surface area (Å²) >= 11 is 6.08. The molecule has 8 heteroatoms. The van der Waals surface area contributed by atoms with Crippen molar-refractivity contribution in [2.45, 2.75) is 13.3 Å². The largest absolute Gasteiger partial charge is 0.375 e. The molecular weight excluding hydrogens is 440 g/mol. The maximum atomic E-state index is 12.7.